The van der Waals surface area contributed by atoms with Gasteiger partial charge in [0, 0.05) is 24.8 Å². The number of hydrogen-bond donors (Lipinski definition) is 0. The maximum atomic E-state index is 5.59. The minimum absolute atomic E-state index is 0.0168. The Kier molecular flexibility index (Phi) is 3.94. The standard InChI is InChI=1S/C21H19N3O/c1-15-7-8-18(16(2)13-15)20(17-5-3-9-22-14-17)24-11-10-23-21(24)19-6-4-12-25-19/h3-14,20H,1-2H3/t20-/m1/s1. The Morgan fingerprint density at radius 2 is 1.96 bits per heavy atom. The molecule has 0 saturated carbocycles. The Bertz CT molecular complexity index is 972. The van der Waals surface area contributed by atoms with E-state index in [-0.39, 0.29) is 6.04 Å². The Morgan fingerprint density at radius 1 is 1.04 bits per heavy atom. The minimum Gasteiger partial charge on any atom is -0.461 e. The maximum absolute atomic E-state index is 5.59. The largest absolute Gasteiger partial charge is 0.461 e. The monoisotopic (exact) mass is 329 g/mol. The summed E-state index contributed by atoms with van der Waals surface area (Å²) in [5.74, 6) is 1.56. The zero-order chi connectivity index (χ0) is 17.2. The Morgan fingerprint density at radius 3 is 2.68 bits per heavy atom. The van der Waals surface area contributed by atoms with Crippen LogP contribution in [0, 0.1) is 13.8 Å². The van der Waals surface area contributed by atoms with Crippen LogP contribution in [0.4, 0.5) is 0 Å². The second-order valence-corrected chi connectivity index (χ2v) is 6.18. The fraction of sp³-hybridized carbons (Fsp3) is 0.143. The van der Waals surface area contributed by atoms with Gasteiger partial charge in [-0.1, -0.05) is 29.8 Å². The molecule has 0 aliphatic carbocycles. The molecule has 0 amide bonds. The minimum atomic E-state index is -0.0168. The molecule has 0 aliphatic heterocycles. The lowest BCUT2D eigenvalue weighted by atomic mass is 9.94. The molecule has 0 fully saturated rings. The molecule has 3 aromatic heterocycles. The lowest BCUT2D eigenvalue weighted by Gasteiger charge is -2.23. The van der Waals surface area contributed by atoms with E-state index in [1.165, 1.54) is 16.7 Å². The smallest absolute Gasteiger partial charge is 0.177 e. The van der Waals surface area contributed by atoms with Crippen LogP contribution >= 0.6 is 0 Å². The van der Waals surface area contributed by atoms with Crippen molar-refractivity contribution < 1.29 is 4.42 Å². The van der Waals surface area contributed by atoms with E-state index in [2.05, 4.69) is 52.6 Å². The summed E-state index contributed by atoms with van der Waals surface area (Å²) in [7, 11) is 0. The van der Waals surface area contributed by atoms with Gasteiger partial charge in [-0.2, -0.15) is 0 Å². The van der Waals surface area contributed by atoms with Gasteiger partial charge in [0.05, 0.1) is 12.3 Å². The van der Waals surface area contributed by atoms with Crippen LogP contribution in [0.3, 0.4) is 0 Å². The first-order valence-corrected chi connectivity index (χ1v) is 8.28. The van der Waals surface area contributed by atoms with Crippen LogP contribution in [-0.4, -0.2) is 14.5 Å². The van der Waals surface area contributed by atoms with Crippen LogP contribution in [0.5, 0.6) is 0 Å². The molecule has 0 bridgehead atoms. The van der Waals surface area contributed by atoms with Crippen molar-refractivity contribution in [1.29, 1.82) is 0 Å². The quantitative estimate of drug-likeness (QED) is 0.540. The molecule has 4 rings (SSSR count). The molecule has 124 valence electrons. The number of furan rings is 1. The van der Waals surface area contributed by atoms with Crippen LogP contribution in [0.2, 0.25) is 0 Å². The number of aromatic nitrogens is 3. The fourth-order valence-electron chi connectivity index (χ4n) is 3.28. The third kappa shape index (κ3) is 2.87. The molecule has 0 radical (unpaired) electrons. The predicted molar refractivity (Wildman–Crippen MR) is 97.3 cm³/mol. The summed E-state index contributed by atoms with van der Waals surface area (Å²) in [5, 5.41) is 0. The van der Waals surface area contributed by atoms with Crippen LogP contribution in [-0.2, 0) is 0 Å². The van der Waals surface area contributed by atoms with Crippen LogP contribution in [0.1, 0.15) is 28.3 Å². The molecule has 0 spiro atoms. The Hall–Kier alpha value is -3.14. The second-order valence-electron chi connectivity index (χ2n) is 6.18. The van der Waals surface area contributed by atoms with E-state index in [4.69, 9.17) is 4.42 Å². The highest BCUT2D eigenvalue weighted by Gasteiger charge is 2.22. The van der Waals surface area contributed by atoms with Gasteiger partial charge < -0.3 is 8.98 Å². The van der Waals surface area contributed by atoms with E-state index in [0.717, 1.165) is 17.1 Å². The average molecular weight is 329 g/mol. The van der Waals surface area contributed by atoms with E-state index in [1.807, 2.05) is 36.8 Å². The molecule has 4 heteroatoms. The van der Waals surface area contributed by atoms with E-state index in [0.29, 0.717) is 0 Å². The van der Waals surface area contributed by atoms with Crippen molar-refractivity contribution in [3.05, 3.63) is 95.8 Å². The molecular formula is C21H19N3O. The van der Waals surface area contributed by atoms with Crippen molar-refractivity contribution in [3.8, 4) is 11.6 Å². The normalized spacial score (nSPS) is 12.2. The second kappa shape index (κ2) is 6.40. The molecule has 1 atom stereocenters. The fourth-order valence-corrected chi connectivity index (χ4v) is 3.28. The van der Waals surface area contributed by atoms with Crippen LogP contribution < -0.4 is 0 Å². The van der Waals surface area contributed by atoms with E-state index >= 15 is 0 Å². The molecule has 4 aromatic rings. The summed E-state index contributed by atoms with van der Waals surface area (Å²) >= 11 is 0. The first-order valence-electron chi connectivity index (χ1n) is 8.28. The SMILES string of the molecule is Cc1ccc([C@@H](c2cccnc2)n2ccnc2-c2ccco2)c(C)c1. The number of hydrogen-bond acceptors (Lipinski definition) is 3. The number of imidazole rings is 1. The predicted octanol–water partition coefficient (Wildman–Crippen LogP) is 4.79. The number of pyridine rings is 1. The van der Waals surface area contributed by atoms with Gasteiger partial charge in [0.1, 0.15) is 0 Å². The van der Waals surface area contributed by atoms with Gasteiger partial charge >= 0.3 is 0 Å². The summed E-state index contributed by atoms with van der Waals surface area (Å²) in [6.45, 7) is 4.26. The highest BCUT2D eigenvalue weighted by Crippen LogP contribution is 2.33. The Balaban J connectivity index is 1.92. The number of aryl methyl sites for hydroxylation is 2. The highest BCUT2D eigenvalue weighted by atomic mass is 16.3. The summed E-state index contributed by atoms with van der Waals surface area (Å²) in [6.07, 6.45) is 9.18. The topological polar surface area (TPSA) is 43.9 Å². The molecule has 3 heterocycles. The summed E-state index contributed by atoms with van der Waals surface area (Å²) in [5.41, 5.74) is 4.83. The van der Waals surface area contributed by atoms with Gasteiger partial charge in [-0.05, 0) is 48.7 Å². The third-order valence-electron chi connectivity index (χ3n) is 4.41. The van der Waals surface area contributed by atoms with Crippen molar-refractivity contribution in [2.24, 2.45) is 0 Å². The van der Waals surface area contributed by atoms with E-state index in [1.54, 1.807) is 12.5 Å². The summed E-state index contributed by atoms with van der Waals surface area (Å²) in [4.78, 5) is 8.85. The molecule has 4 nitrogen and oxygen atoms in total. The lowest BCUT2D eigenvalue weighted by molar-refractivity contribution is 0.565. The highest BCUT2D eigenvalue weighted by molar-refractivity contribution is 5.50. The van der Waals surface area contributed by atoms with Gasteiger partial charge in [-0.3, -0.25) is 4.98 Å². The molecule has 0 aliphatic rings. The average Bonchev–Trinajstić information content (AvgIpc) is 3.29. The number of nitrogens with zero attached hydrogens (tertiary/aromatic N) is 3. The zero-order valence-corrected chi connectivity index (χ0v) is 14.3. The zero-order valence-electron chi connectivity index (χ0n) is 14.3. The first kappa shape index (κ1) is 15.4. The first-order chi connectivity index (χ1) is 12.2. The maximum Gasteiger partial charge on any atom is 0.177 e. The number of benzene rings is 1. The number of rotatable bonds is 4. The van der Waals surface area contributed by atoms with Gasteiger partial charge in [0.15, 0.2) is 11.6 Å². The molecular weight excluding hydrogens is 310 g/mol. The van der Waals surface area contributed by atoms with Crippen molar-refractivity contribution >= 4 is 0 Å². The third-order valence-corrected chi connectivity index (χ3v) is 4.41. The van der Waals surface area contributed by atoms with E-state index in [9.17, 15) is 0 Å². The molecule has 1 aromatic carbocycles. The van der Waals surface area contributed by atoms with Gasteiger partial charge in [-0.25, -0.2) is 4.98 Å². The van der Waals surface area contributed by atoms with Gasteiger partial charge in [0.2, 0.25) is 0 Å². The molecule has 25 heavy (non-hydrogen) atoms. The molecule has 0 N–H and O–H groups in total. The van der Waals surface area contributed by atoms with E-state index < -0.39 is 0 Å². The Labute approximate surface area is 146 Å². The van der Waals surface area contributed by atoms with Crippen LogP contribution in [0.15, 0.2) is 77.9 Å². The van der Waals surface area contributed by atoms with Crippen molar-refractivity contribution in [2.75, 3.05) is 0 Å². The molecule has 0 unspecified atom stereocenters. The van der Waals surface area contributed by atoms with Crippen LogP contribution in [0.25, 0.3) is 11.6 Å². The van der Waals surface area contributed by atoms with Crippen molar-refractivity contribution in [3.63, 3.8) is 0 Å². The van der Waals surface area contributed by atoms with Crippen molar-refractivity contribution in [2.45, 2.75) is 19.9 Å². The molecule has 0 saturated heterocycles. The van der Waals surface area contributed by atoms with Crippen molar-refractivity contribution in [1.82, 2.24) is 14.5 Å². The lowest BCUT2D eigenvalue weighted by Crippen LogP contribution is -2.14. The summed E-state index contributed by atoms with van der Waals surface area (Å²) in [6, 6.07) is 14.4. The summed E-state index contributed by atoms with van der Waals surface area (Å²) < 4.78 is 7.74. The van der Waals surface area contributed by atoms with Gasteiger partial charge in [-0.15, -0.1) is 0 Å². The van der Waals surface area contributed by atoms with Gasteiger partial charge in [0.25, 0.3) is 0 Å².